The zero-order valence-electron chi connectivity index (χ0n) is 20.2. The highest BCUT2D eigenvalue weighted by atomic mass is 32.1. The van der Waals surface area contributed by atoms with Crippen LogP contribution in [0.3, 0.4) is 0 Å². The van der Waals surface area contributed by atoms with Gasteiger partial charge in [-0.25, -0.2) is 13.8 Å². The molecule has 0 amide bonds. The predicted molar refractivity (Wildman–Crippen MR) is 142 cm³/mol. The van der Waals surface area contributed by atoms with Crippen molar-refractivity contribution in [2.24, 2.45) is 0 Å². The number of hydrogen-bond acceptors (Lipinski definition) is 4. The first-order chi connectivity index (χ1) is 18.0. The number of thiocarbonyl (C=S) groups is 1. The van der Waals surface area contributed by atoms with Crippen LogP contribution in [0.2, 0.25) is 0 Å². The second-order valence-electron chi connectivity index (χ2n) is 8.35. The Morgan fingerprint density at radius 3 is 2.43 bits per heavy atom. The molecule has 0 unspecified atom stereocenters. The lowest BCUT2D eigenvalue weighted by atomic mass is 10.1. The van der Waals surface area contributed by atoms with E-state index in [4.69, 9.17) is 22.2 Å². The van der Waals surface area contributed by atoms with E-state index >= 15 is 0 Å². The number of imidazole rings is 1. The molecule has 6 nitrogen and oxygen atoms in total. The summed E-state index contributed by atoms with van der Waals surface area (Å²) in [4.78, 5) is 6.02. The molecule has 0 fully saturated rings. The van der Waals surface area contributed by atoms with Crippen LogP contribution < -0.4 is 10.1 Å². The molecule has 4 rings (SSSR count). The topological polar surface area (TPSA) is 66.1 Å². The fraction of sp³-hybridized carbons (Fsp3) is 0.179. The fourth-order valence-corrected chi connectivity index (χ4v) is 4.11. The fourth-order valence-electron chi connectivity index (χ4n) is 3.83. The number of hydrogen-bond donors (Lipinski definition) is 1. The van der Waals surface area contributed by atoms with Crippen LogP contribution in [-0.4, -0.2) is 33.2 Å². The second kappa shape index (κ2) is 12.1. The number of halogens is 2. The van der Waals surface area contributed by atoms with E-state index in [1.165, 1.54) is 18.2 Å². The number of ether oxygens (including phenoxy) is 1. The lowest BCUT2D eigenvalue weighted by Gasteiger charge is -2.26. The van der Waals surface area contributed by atoms with Crippen LogP contribution in [0.15, 0.2) is 79.3 Å². The molecule has 0 radical (unpaired) electrons. The first kappa shape index (κ1) is 25.8. The Bertz CT molecular complexity index is 1380. The van der Waals surface area contributed by atoms with E-state index < -0.39 is 11.6 Å². The van der Waals surface area contributed by atoms with Crippen LogP contribution >= 0.6 is 12.2 Å². The van der Waals surface area contributed by atoms with E-state index in [0.717, 1.165) is 16.9 Å². The van der Waals surface area contributed by atoms with Gasteiger partial charge in [0.2, 0.25) is 0 Å². The molecule has 0 saturated heterocycles. The Labute approximate surface area is 219 Å². The molecule has 0 aliphatic heterocycles. The molecule has 1 aromatic heterocycles. The maximum absolute atomic E-state index is 14.5. The van der Waals surface area contributed by atoms with E-state index in [1.54, 1.807) is 48.8 Å². The molecular formula is C28H25F2N5OS. The summed E-state index contributed by atoms with van der Waals surface area (Å²) < 4.78 is 36.2. The molecule has 0 saturated carbocycles. The average Bonchev–Trinajstić information content (AvgIpc) is 3.35. The normalized spacial score (nSPS) is 10.5. The lowest BCUT2D eigenvalue weighted by Crippen LogP contribution is -2.36. The number of aromatic nitrogens is 2. The minimum Gasteiger partial charge on any atom is -0.497 e. The summed E-state index contributed by atoms with van der Waals surface area (Å²) in [7, 11) is 1.59. The van der Waals surface area contributed by atoms with Crippen LogP contribution in [0.25, 0.3) is 0 Å². The lowest BCUT2D eigenvalue weighted by molar-refractivity contribution is 0.396. The number of anilines is 1. The van der Waals surface area contributed by atoms with Crippen molar-refractivity contribution < 1.29 is 13.5 Å². The molecule has 4 aromatic rings. The highest BCUT2D eigenvalue weighted by Gasteiger charge is 2.17. The quantitative estimate of drug-likeness (QED) is 0.295. The Morgan fingerprint density at radius 2 is 1.78 bits per heavy atom. The standard InChI is InChI=1S/C28H25F2N5OS/c1-36-24-11-9-22(10-12-24)33-28(37)34(18-25-26(29)3-2-4-27(25)30)14-13-23-16-32-19-35(23)17-21-7-5-20(15-31)6-8-21/h2-12,16,19H,13-14,17-18H2,1H3,(H,33,37). The molecule has 3 aromatic carbocycles. The van der Waals surface area contributed by atoms with Crippen molar-refractivity contribution in [3.63, 3.8) is 0 Å². The highest BCUT2D eigenvalue weighted by molar-refractivity contribution is 7.80. The smallest absolute Gasteiger partial charge is 0.173 e. The highest BCUT2D eigenvalue weighted by Crippen LogP contribution is 2.19. The summed E-state index contributed by atoms with van der Waals surface area (Å²) in [5.41, 5.74) is 3.25. The Balaban J connectivity index is 1.51. The Hall–Kier alpha value is -4.29. The van der Waals surface area contributed by atoms with E-state index in [9.17, 15) is 8.78 Å². The van der Waals surface area contributed by atoms with Gasteiger partial charge in [0.15, 0.2) is 5.11 Å². The van der Waals surface area contributed by atoms with Crippen molar-refractivity contribution in [1.29, 1.82) is 5.26 Å². The summed E-state index contributed by atoms with van der Waals surface area (Å²) in [6, 6.07) is 20.5. The van der Waals surface area contributed by atoms with Crippen molar-refractivity contribution in [1.82, 2.24) is 14.5 Å². The van der Waals surface area contributed by atoms with Crippen LogP contribution in [-0.2, 0) is 19.5 Å². The number of nitrogens with one attached hydrogen (secondary N) is 1. The third-order valence-corrected chi connectivity index (χ3v) is 6.27. The monoisotopic (exact) mass is 517 g/mol. The maximum Gasteiger partial charge on any atom is 0.173 e. The summed E-state index contributed by atoms with van der Waals surface area (Å²) >= 11 is 5.65. The molecule has 0 aliphatic carbocycles. The van der Waals surface area contributed by atoms with Crippen LogP contribution in [0.4, 0.5) is 14.5 Å². The molecule has 188 valence electrons. The maximum atomic E-state index is 14.5. The van der Waals surface area contributed by atoms with E-state index in [2.05, 4.69) is 16.4 Å². The van der Waals surface area contributed by atoms with E-state index in [1.807, 2.05) is 28.8 Å². The first-order valence-corrected chi connectivity index (χ1v) is 12.0. The Kier molecular flexibility index (Phi) is 8.44. The van der Waals surface area contributed by atoms with Gasteiger partial charge in [-0.15, -0.1) is 0 Å². The van der Waals surface area contributed by atoms with Crippen molar-refractivity contribution in [3.8, 4) is 11.8 Å². The van der Waals surface area contributed by atoms with Gasteiger partial charge in [0.05, 0.1) is 31.6 Å². The van der Waals surface area contributed by atoms with Gasteiger partial charge in [0, 0.05) is 42.7 Å². The number of nitrogens with zero attached hydrogens (tertiary/aromatic N) is 4. The zero-order valence-corrected chi connectivity index (χ0v) is 21.0. The average molecular weight is 518 g/mol. The van der Waals surface area contributed by atoms with Crippen LogP contribution in [0.1, 0.15) is 22.4 Å². The minimum absolute atomic E-state index is 0.0374. The molecule has 0 spiro atoms. The molecule has 1 heterocycles. The van der Waals surface area contributed by atoms with Crippen molar-refractivity contribution in [2.75, 3.05) is 19.0 Å². The molecular weight excluding hydrogens is 492 g/mol. The van der Waals surface area contributed by atoms with E-state index in [-0.39, 0.29) is 12.1 Å². The van der Waals surface area contributed by atoms with Crippen molar-refractivity contribution in [3.05, 3.63) is 113 Å². The first-order valence-electron chi connectivity index (χ1n) is 11.6. The van der Waals surface area contributed by atoms with Crippen LogP contribution in [0.5, 0.6) is 5.75 Å². The number of rotatable bonds is 9. The van der Waals surface area contributed by atoms with Gasteiger partial charge in [0.1, 0.15) is 17.4 Å². The zero-order chi connectivity index (χ0) is 26.2. The van der Waals surface area contributed by atoms with Gasteiger partial charge in [0.25, 0.3) is 0 Å². The summed E-state index contributed by atoms with van der Waals surface area (Å²) in [6.07, 6.45) is 4.05. The molecule has 9 heteroatoms. The third kappa shape index (κ3) is 6.68. The van der Waals surface area contributed by atoms with Gasteiger partial charge in [-0.05, 0) is 66.3 Å². The number of methoxy groups -OCH3 is 1. The SMILES string of the molecule is COc1ccc(NC(=S)N(CCc2cncn2Cc2ccc(C#N)cc2)Cc2c(F)cccc2F)cc1. The molecule has 0 aliphatic rings. The molecule has 1 N–H and O–H groups in total. The summed E-state index contributed by atoms with van der Waals surface area (Å²) in [6.45, 7) is 0.941. The number of nitriles is 1. The van der Waals surface area contributed by atoms with E-state index in [0.29, 0.717) is 35.9 Å². The van der Waals surface area contributed by atoms with Gasteiger partial charge < -0.3 is 19.5 Å². The second-order valence-corrected chi connectivity index (χ2v) is 8.74. The molecule has 37 heavy (non-hydrogen) atoms. The van der Waals surface area contributed by atoms with Gasteiger partial charge in [-0.3, -0.25) is 0 Å². The minimum atomic E-state index is -0.622. The third-order valence-electron chi connectivity index (χ3n) is 5.91. The number of benzene rings is 3. The summed E-state index contributed by atoms with van der Waals surface area (Å²) in [5, 5.41) is 12.5. The van der Waals surface area contributed by atoms with Crippen molar-refractivity contribution in [2.45, 2.75) is 19.5 Å². The van der Waals surface area contributed by atoms with Crippen molar-refractivity contribution >= 4 is 23.0 Å². The van der Waals surface area contributed by atoms with Crippen LogP contribution in [0, 0.1) is 23.0 Å². The Morgan fingerprint density at radius 1 is 1.08 bits per heavy atom. The molecule has 0 bridgehead atoms. The summed E-state index contributed by atoms with van der Waals surface area (Å²) in [5.74, 6) is -0.538. The molecule has 0 atom stereocenters. The van der Waals surface area contributed by atoms with Gasteiger partial charge >= 0.3 is 0 Å². The van der Waals surface area contributed by atoms with Gasteiger partial charge in [-0.1, -0.05) is 18.2 Å². The van der Waals surface area contributed by atoms with Gasteiger partial charge in [-0.2, -0.15) is 5.26 Å². The largest absolute Gasteiger partial charge is 0.497 e. The predicted octanol–water partition coefficient (Wildman–Crippen LogP) is 5.53.